The molecular weight excluding hydrogens is 466 g/mol. The smallest absolute Gasteiger partial charge is 0.268 e. The Morgan fingerprint density at radius 2 is 1.66 bits per heavy atom. The van der Waals surface area contributed by atoms with Crippen molar-refractivity contribution in [1.82, 2.24) is 19.7 Å². The summed E-state index contributed by atoms with van der Waals surface area (Å²) in [5.74, 6) is 0.843. The Morgan fingerprint density at radius 3 is 2.29 bits per heavy atom. The minimum absolute atomic E-state index is 0.00933. The summed E-state index contributed by atoms with van der Waals surface area (Å²) < 4.78 is 42.2. The van der Waals surface area contributed by atoms with Gasteiger partial charge in [-0.1, -0.05) is 42.5 Å². The van der Waals surface area contributed by atoms with E-state index in [0.717, 1.165) is 16.7 Å². The van der Waals surface area contributed by atoms with Crippen LogP contribution in [0.2, 0.25) is 0 Å². The zero-order valence-corrected chi connectivity index (χ0v) is 21.0. The van der Waals surface area contributed by atoms with Gasteiger partial charge in [0.1, 0.15) is 16.3 Å². The van der Waals surface area contributed by atoms with Crippen molar-refractivity contribution in [1.29, 1.82) is 0 Å². The fourth-order valence-electron chi connectivity index (χ4n) is 3.40. The molecule has 4 aromatic rings. The van der Waals surface area contributed by atoms with E-state index < -0.39 is 10.0 Å². The molecule has 0 aliphatic carbocycles. The minimum Gasteiger partial charge on any atom is -0.484 e. The molecule has 0 unspecified atom stereocenters. The summed E-state index contributed by atoms with van der Waals surface area (Å²) in [6.07, 6.45) is 2.44. The summed E-state index contributed by atoms with van der Waals surface area (Å²) in [5, 5.41) is 3.94. The lowest BCUT2D eigenvalue weighted by Gasteiger charge is -2.19. The van der Waals surface area contributed by atoms with Gasteiger partial charge in [0.2, 0.25) is 11.7 Å². The molecule has 0 bridgehead atoms. The van der Waals surface area contributed by atoms with Crippen molar-refractivity contribution in [2.45, 2.75) is 38.7 Å². The first-order valence-corrected chi connectivity index (χ1v) is 12.5. The highest BCUT2D eigenvalue weighted by Crippen LogP contribution is 2.41. The highest BCUT2D eigenvalue weighted by molar-refractivity contribution is 7.92. The highest BCUT2D eigenvalue weighted by Gasteiger charge is 2.25. The van der Waals surface area contributed by atoms with E-state index in [1.807, 2.05) is 76.2 Å². The molecule has 9 nitrogen and oxygen atoms in total. The van der Waals surface area contributed by atoms with Gasteiger partial charge >= 0.3 is 0 Å². The number of benzene rings is 2. The van der Waals surface area contributed by atoms with Crippen molar-refractivity contribution in [3.05, 3.63) is 72.1 Å². The van der Waals surface area contributed by atoms with Gasteiger partial charge in [-0.3, -0.25) is 4.68 Å². The van der Waals surface area contributed by atoms with Crippen LogP contribution in [-0.4, -0.2) is 34.3 Å². The van der Waals surface area contributed by atoms with Crippen LogP contribution in [0.5, 0.6) is 17.4 Å². The summed E-state index contributed by atoms with van der Waals surface area (Å²) >= 11 is 0. The van der Waals surface area contributed by atoms with Gasteiger partial charge in [-0.25, -0.2) is 18.1 Å². The predicted octanol–water partition coefficient (Wildman–Crippen LogP) is 4.87. The molecule has 2 heterocycles. The maximum absolute atomic E-state index is 13.0. The molecule has 35 heavy (non-hydrogen) atoms. The normalized spacial score (nSPS) is 11.5. The first-order valence-electron chi connectivity index (χ1n) is 11.0. The van der Waals surface area contributed by atoms with Crippen LogP contribution in [0.4, 0.5) is 5.95 Å². The van der Waals surface area contributed by atoms with Gasteiger partial charge in [0.15, 0.2) is 0 Å². The summed E-state index contributed by atoms with van der Waals surface area (Å²) in [5.41, 5.74) is 3.00. The predicted molar refractivity (Wildman–Crippen MR) is 133 cm³/mol. The number of anilines is 1. The number of nitrogens with one attached hydrogen (secondary N) is 1. The maximum Gasteiger partial charge on any atom is 0.268 e. The molecule has 0 fully saturated rings. The van der Waals surface area contributed by atoms with Gasteiger partial charge in [-0.2, -0.15) is 10.1 Å². The van der Waals surface area contributed by atoms with Crippen molar-refractivity contribution in [3.63, 3.8) is 0 Å². The van der Waals surface area contributed by atoms with E-state index in [0.29, 0.717) is 17.2 Å². The molecule has 0 aliphatic rings. The highest BCUT2D eigenvalue weighted by atomic mass is 32.2. The topological polar surface area (TPSA) is 108 Å². The third-order valence-electron chi connectivity index (χ3n) is 5.11. The summed E-state index contributed by atoms with van der Waals surface area (Å²) in [4.78, 5) is 8.98. The fraction of sp³-hybridized carbons (Fsp3) is 0.240. The second kappa shape index (κ2) is 9.75. The molecule has 2 aromatic carbocycles. The Bertz CT molecular complexity index is 1460. The number of sulfonamides is 1. The molecule has 10 heteroatoms. The number of para-hydroxylation sites is 1. The van der Waals surface area contributed by atoms with E-state index in [4.69, 9.17) is 9.47 Å². The molecule has 182 valence electrons. The number of hydrogen-bond donors (Lipinski definition) is 1. The molecule has 2 aromatic heterocycles. The van der Waals surface area contributed by atoms with Gasteiger partial charge in [-0.05, 0) is 44.9 Å². The zero-order chi connectivity index (χ0) is 25.2. The van der Waals surface area contributed by atoms with E-state index >= 15 is 0 Å². The molecule has 4 rings (SSSR count). The van der Waals surface area contributed by atoms with Crippen molar-refractivity contribution in [2.75, 3.05) is 4.72 Å². The van der Waals surface area contributed by atoms with Gasteiger partial charge in [0, 0.05) is 18.8 Å². The molecule has 1 N–H and O–H groups in total. The molecule has 0 amide bonds. The average Bonchev–Trinajstić information content (AvgIpc) is 3.24. The lowest BCUT2D eigenvalue weighted by atomic mass is 10.0. The standard InChI is InChI=1S/C25H27N5O4S/c1-16(2)33-23-22(20-12-8-6-10-17(20)3)27-25(29-35(31,32)19-14-26-30(5)15-19)28-24(23)34-21-13-9-7-11-18(21)4/h6-16H,1-5H3,(H,27,28,29). The molecule has 0 aliphatic heterocycles. The van der Waals surface area contributed by atoms with Crippen molar-refractivity contribution in [2.24, 2.45) is 7.05 Å². The van der Waals surface area contributed by atoms with Crippen molar-refractivity contribution < 1.29 is 17.9 Å². The molecule has 0 atom stereocenters. The molecule has 0 radical (unpaired) electrons. The van der Waals surface area contributed by atoms with Gasteiger partial charge < -0.3 is 9.47 Å². The van der Waals surface area contributed by atoms with E-state index in [1.54, 1.807) is 7.05 Å². The minimum atomic E-state index is -3.99. The van der Waals surface area contributed by atoms with E-state index in [1.165, 1.54) is 17.1 Å². The number of aromatic nitrogens is 4. The molecule has 0 saturated heterocycles. The number of nitrogens with zero attached hydrogens (tertiary/aromatic N) is 4. The van der Waals surface area contributed by atoms with E-state index in [-0.39, 0.29) is 22.8 Å². The SMILES string of the molecule is Cc1ccccc1Oc1nc(NS(=O)(=O)c2cnn(C)c2)nc(-c2ccccc2C)c1OC(C)C. The quantitative estimate of drug-likeness (QED) is 0.373. The Labute approximate surface area is 204 Å². The number of aryl methyl sites for hydroxylation is 3. The maximum atomic E-state index is 13.0. The monoisotopic (exact) mass is 493 g/mol. The van der Waals surface area contributed by atoms with Crippen molar-refractivity contribution >= 4 is 16.0 Å². The lowest BCUT2D eigenvalue weighted by molar-refractivity contribution is 0.231. The van der Waals surface area contributed by atoms with E-state index in [9.17, 15) is 8.42 Å². The Kier molecular flexibility index (Phi) is 6.74. The van der Waals surface area contributed by atoms with Crippen LogP contribution in [0.3, 0.4) is 0 Å². The summed E-state index contributed by atoms with van der Waals surface area (Å²) in [6.45, 7) is 7.63. The van der Waals surface area contributed by atoms with Gasteiger partial charge in [0.05, 0.1) is 12.3 Å². The van der Waals surface area contributed by atoms with Crippen LogP contribution in [0.1, 0.15) is 25.0 Å². The first-order chi connectivity index (χ1) is 16.6. The van der Waals surface area contributed by atoms with Crippen LogP contribution in [-0.2, 0) is 17.1 Å². The Hall–Kier alpha value is -3.92. The third-order valence-corrected chi connectivity index (χ3v) is 6.39. The molecule has 0 saturated carbocycles. The van der Waals surface area contributed by atoms with E-state index in [2.05, 4.69) is 19.8 Å². The second-order valence-corrected chi connectivity index (χ2v) is 10.0. The summed E-state index contributed by atoms with van der Waals surface area (Å²) in [6, 6.07) is 15.1. The zero-order valence-electron chi connectivity index (χ0n) is 20.2. The molecule has 0 spiro atoms. The number of hydrogen-bond acceptors (Lipinski definition) is 7. The summed E-state index contributed by atoms with van der Waals surface area (Å²) in [7, 11) is -2.35. The van der Waals surface area contributed by atoms with Crippen LogP contribution in [0.25, 0.3) is 11.3 Å². The average molecular weight is 494 g/mol. The lowest BCUT2D eigenvalue weighted by Crippen LogP contribution is -2.16. The van der Waals surface area contributed by atoms with Crippen LogP contribution in [0.15, 0.2) is 65.8 Å². The number of ether oxygens (including phenoxy) is 2. The Balaban J connectivity index is 1.91. The molecular formula is C25H27N5O4S. The first kappa shape index (κ1) is 24.2. The van der Waals surface area contributed by atoms with Crippen molar-refractivity contribution in [3.8, 4) is 28.6 Å². The van der Waals surface area contributed by atoms with Gasteiger partial charge in [-0.15, -0.1) is 0 Å². The fourth-order valence-corrected chi connectivity index (χ4v) is 4.33. The largest absolute Gasteiger partial charge is 0.484 e. The van der Waals surface area contributed by atoms with Crippen LogP contribution in [0, 0.1) is 13.8 Å². The van der Waals surface area contributed by atoms with Gasteiger partial charge in [0.25, 0.3) is 15.9 Å². The van der Waals surface area contributed by atoms with Crippen LogP contribution >= 0.6 is 0 Å². The Morgan fingerprint density at radius 1 is 0.971 bits per heavy atom. The number of rotatable bonds is 8. The third kappa shape index (κ3) is 5.43. The van der Waals surface area contributed by atoms with Crippen LogP contribution < -0.4 is 14.2 Å². The second-order valence-electron chi connectivity index (χ2n) is 8.33.